The van der Waals surface area contributed by atoms with Crippen molar-refractivity contribution >= 4 is 34.8 Å². The molecule has 0 spiro atoms. The van der Waals surface area contributed by atoms with E-state index in [9.17, 15) is 9.59 Å². The quantitative estimate of drug-likeness (QED) is 0.764. The molecule has 2 N–H and O–H groups in total. The average molecular weight is 234 g/mol. The van der Waals surface area contributed by atoms with Gasteiger partial charge in [0.1, 0.15) is 0 Å². The fourth-order valence-electron chi connectivity index (χ4n) is 0.891. The molecule has 0 fully saturated rings. The van der Waals surface area contributed by atoms with Crippen molar-refractivity contribution < 1.29 is 14.7 Å². The van der Waals surface area contributed by atoms with Crippen LogP contribution >= 0.6 is 22.9 Å². The summed E-state index contributed by atoms with van der Waals surface area (Å²) in [6, 6.07) is 3.11. The van der Waals surface area contributed by atoms with Gasteiger partial charge >= 0.3 is 11.9 Å². The summed E-state index contributed by atoms with van der Waals surface area (Å²) in [7, 11) is 0. The van der Waals surface area contributed by atoms with Crippen molar-refractivity contribution in [2.24, 2.45) is 0 Å². The second-order valence-electron chi connectivity index (χ2n) is 2.64. The Bertz CT molecular complexity index is 363. The molecular weight excluding hydrogens is 226 g/mol. The lowest BCUT2D eigenvalue weighted by Crippen LogP contribution is -2.32. The van der Waals surface area contributed by atoms with Crippen LogP contribution < -0.4 is 5.32 Å². The number of aliphatic carboxylic acids is 1. The summed E-state index contributed by atoms with van der Waals surface area (Å²) in [5.41, 5.74) is 0. The SMILES string of the molecule is C[C@H](NC(=O)C(=O)O)c1ccc(Cl)s1. The first-order valence-electron chi connectivity index (χ1n) is 3.79. The largest absolute Gasteiger partial charge is 0.474 e. The summed E-state index contributed by atoms with van der Waals surface area (Å²) in [6.45, 7) is 1.70. The molecule has 1 aromatic rings. The van der Waals surface area contributed by atoms with Gasteiger partial charge in [-0.05, 0) is 19.1 Å². The molecule has 1 rings (SSSR count). The molecule has 1 heterocycles. The highest BCUT2D eigenvalue weighted by Gasteiger charge is 2.16. The summed E-state index contributed by atoms with van der Waals surface area (Å²) in [6.07, 6.45) is 0. The molecule has 0 aliphatic heterocycles. The fourth-order valence-corrected chi connectivity index (χ4v) is 1.95. The predicted octanol–water partition coefficient (Wildman–Crippen LogP) is 1.66. The highest BCUT2D eigenvalue weighted by atomic mass is 35.5. The molecule has 0 unspecified atom stereocenters. The van der Waals surface area contributed by atoms with Crippen LogP contribution in [0.3, 0.4) is 0 Å². The maximum atomic E-state index is 10.8. The van der Waals surface area contributed by atoms with Gasteiger partial charge in [0.25, 0.3) is 0 Å². The molecule has 4 nitrogen and oxygen atoms in total. The normalized spacial score (nSPS) is 12.1. The predicted molar refractivity (Wildman–Crippen MR) is 53.5 cm³/mol. The van der Waals surface area contributed by atoms with E-state index in [0.29, 0.717) is 4.34 Å². The number of carboxylic acids is 1. The van der Waals surface area contributed by atoms with Gasteiger partial charge in [-0.2, -0.15) is 0 Å². The van der Waals surface area contributed by atoms with Gasteiger partial charge in [0.2, 0.25) is 0 Å². The van der Waals surface area contributed by atoms with Gasteiger partial charge in [0.15, 0.2) is 0 Å². The Kier molecular flexibility index (Phi) is 3.49. The zero-order valence-electron chi connectivity index (χ0n) is 7.28. The third-order valence-corrected chi connectivity index (χ3v) is 2.98. The average Bonchev–Trinajstić information content (AvgIpc) is 2.51. The van der Waals surface area contributed by atoms with E-state index in [1.54, 1.807) is 19.1 Å². The van der Waals surface area contributed by atoms with Crippen LogP contribution in [-0.4, -0.2) is 17.0 Å². The lowest BCUT2D eigenvalue weighted by molar-refractivity contribution is -0.150. The van der Waals surface area contributed by atoms with Crippen LogP contribution in [0.2, 0.25) is 4.34 Å². The van der Waals surface area contributed by atoms with Crippen LogP contribution in [0.4, 0.5) is 0 Å². The Morgan fingerprint density at radius 3 is 2.64 bits per heavy atom. The first kappa shape index (κ1) is 11.0. The van der Waals surface area contributed by atoms with Crippen molar-refractivity contribution in [1.29, 1.82) is 0 Å². The molecule has 0 saturated heterocycles. The molecule has 6 heteroatoms. The number of rotatable bonds is 2. The summed E-state index contributed by atoms with van der Waals surface area (Å²) < 4.78 is 0.608. The lowest BCUT2D eigenvalue weighted by Gasteiger charge is -2.09. The van der Waals surface area contributed by atoms with Crippen LogP contribution in [0.25, 0.3) is 0 Å². The van der Waals surface area contributed by atoms with Gasteiger partial charge in [0, 0.05) is 4.88 Å². The number of amides is 1. The number of nitrogens with one attached hydrogen (secondary N) is 1. The monoisotopic (exact) mass is 233 g/mol. The Morgan fingerprint density at radius 2 is 2.21 bits per heavy atom. The number of hydrogen-bond donors (Lipinski definition) is 2. The molecule has 0 bridgehead atoms. The summed E-state index contributed by atoms with van der Waals surface area (Å²) >= 11 is 7.00. The van der Waals surface area contributed by atoms with Gasteiger partial charge in [-0.15, -0.1) is 11.3 Å². The minimum Gasteiger partial charge on any atom is -0.474 e. The first-order valence-corrected chi connectivity index (χ1v) is 4.99. The standard InChI is InChI=1S/C8H8ClNO3S/c1-4(10-7(11)8(12)13)5-2-3-6(9)14-5/h2-4H,1H3,(H,10,11)(H,12,13)/t4-/m0/s1. The Morgan fingerprint density at radius 1 is 1.57 bits per heavy atom. The van der Waals surface area contributed by atoms with E-state index in [0.717, 1.165) is 4.88 Å². The van der Waals surface area contributed by atoms with Crippen molar-refractivity contribution in [1.82, 2.24) is 5.32 Å². The van der Waals surface area contributed by atoms with Crippen LogP contribution in [-0.2, 0) is 9.59 Å². The molecule has 0 radical (unpaired) electrons. The number of carbonyl (C=O) groups excluding carboxylic acids is 1. The Labute approximate surface area is 89.5 Å². The zero-order valence-corrected chi connectivity index (χ0v) is 8.85. The van der Waals surface area contributed by atoms with Gasteiger partial charge in [-0.3, -0.25) is 4.79 Å². The van der Waals surface area contributed by atoms with E-state index in [2.05, 4.69) is 5.32 Å². The molecular formula is C8H8ClNO3S. The van der Waals surface area contributed by atoms with Crippen molar-refractivity contribution in [2.75, 3.05) is 0 Å². The summed E-state index contributed by atoms with van der Waals surface area (Å²) in [5, 5.41) is 10.7. The Balaban J connectivity index is 2.63. The van der Waals surface area contributed by atoms with E-state index in [4.69, 9.17) is 16.7 Å². The first-order chi connectivity index (χ1) is 6.50. The minimum atomic E-state index is -1.49. The molecule has 76 valence electrons. The van der Waals surface area contributed by atoms with Gasteiger partial charge in [0.05, 0.1) is 10.4 Å². The topological polar surface area (TPSA) is 66.4 Å². The molecule has 1 amide bonds. The maximum Gasteiger partial charge on any atom is 0.394 e. The lowest BCUT2D eigenvalue weighted by atomic mass is 10.3. The van der Waals surface area contributed by atoms with Crippen molar-refractivity contribution in [2.45, 2.75) is 13.0 Å². The van der Waals surface area contributed by atoms with E-state index in [1.807, 2.05) is 0 Å². The number of thiophene rings is 1. The van der Waals surface area contributed by atoms with E-state index < -0.39 is 11.9 Å². The van der Waals surface area contributed by atoms with Crippen LogP contribution in [0.1, 0.15) is 17.8 Å². The van der Waals surface area contributed by atoms with Crippen LogP contribution in [0, 0.1) is 0 Å². The highest BCUT2D eigenvalue weighted by molar-refractivity contribution is 7.16. The molecule has 1 aromatic heterocycles. The fraction of sp³-hybridized carbons (Fsp3) is 0.250. The van der Waals surface area contributed by atoms with Crippen molar-refractivity contribution in [3.63, 3.8) is 0 Å². The maximum absolute atomic E-state index is 10.8. The number of hydrogen-bond acceptors (Lipinski definition) is 3. The van der Waals surface area contributed by atoms with Gasteiger partial charge in [-0.25, -0.2) is 4.79 Å². The highest BCUT2D eigenvalue weighted by Crippen LogP contribution is 2.26. The summed E-state index contributed by atoms with van der Waals surface area (Å²) in [5.74, 6) is -2.50. The van der Waals surface area contributed by atoms with E-state index in [1.165, 1.54) is 11.3 Å². The molecule has 14 heavy (non-hydrogen) atoms. The minimum absolute atomic E-state index is 0.337. The third-order valence-electron chi connectivity index (χ3n) is 1.56. The smallest absolute Gasteiger partial charge is 0.394 e. The second-order valence-corrected chi connectivity index (χ2v) is 4.39. The van der Waals surface area contributed by atoms with Crippen molar-refractivity contribution in [3.05, 3.63) is 21.3 Å². The molecule has 1 atom stereocenters. The molecule has 0 aromatic carbocycles. The number of carbonyl (C=O) groups is 2. The number of halogens is 1. The van der Waals surface area contributed by atoms with Crippen LogP contribution in [0.15, 0.2) is 12.1 Å². The van der Waals surface area contributed by atoms with E-state index in [-0.39, 0.29) is 6.04 Å². The van der Waals surface area contributed by atoms with Gasteiger partial charge in [-0.1, -0.05) is 11.6 Å². The zero-order chi connectivity index (χ0) is 10.7. The molecule has 0 aliphatic rings. The van der Waals surface area contributed by atoms with Crippen molar-refractivity contribution in [3.8, 4) is 0 Å². The molecule has 0 saturated carbocycles. The summed E-state index contributed by atoms with van der Waals surface area (Å²) in [4.78, 5) is 21.9. The second kappa shape index (κ2) is 4.43. The van der Waals surface area contributed by atoms with E-state index >= 15 is 0 Å². The Hall–Kier alpha value is -1.07. The van der Waals surface area contributed by atoms with Crippen LogP contribution in [0.5, 0.6) is 0 Å². The third kappa shape index (κ3) is 2.71. The van der Waals surface area contributed by atoms with Gasteiger partial charge < -0.3 is 10.4 Å². The molecule has 0 aliphatic carbocycles. The number of carboxylic acid groups (broad SMARTS) is 1.